The van der Waals surface area contributed by atoms with Gasteiger partial charge in [0.15, 0.2) is 5.78 Å². The predicted molar refractivity (Wildman–Crippen MR) is 137 cm³/mol. The number of hydrogen-bond acceptors (Lipinski definition) is 4. The van der Waals surface area contributed by atoms with Crippen molar-refractivity contribution in [1.82, 2.24) is 14.5 Å². The molecular weight excluding hydrogens is 638 g/mol. The zero-order valence-corrected chi connectivity index (χ0v) is 22.9. The molecule has 4 rings (SSSR count). The Balaban J connectivity index is 1.72. The molecule has 0 unspecified atom stereocenters. The summed E-state index contributed by atoms with van der Waals surface area (Å²) in [6, 6.07) is 8.07. The number of carbonyl (C=O) groups is 2. The molecule has 0 radical (unpaired) electrons. The number of fused-ring (bicyclic) bond motifs is 1. The van der Waals surface area contributed by atoms with E-state index in [1.165, 1.54) is 50.2 Å². The lowest BCUT2D eigenvalue weighted by atomic mass is 9.99. The minimum atomic E-state index is -6.53. The number of halogens is 11. The van der Waals surface area contributed by atoms with Crippen molar-refractivity contribution >= 4 is 40.0 Å². The highest BCUT2D eigenvalue weighted by Crippen LogP contribution is 2.53. The summed E-state index contributed by atoms with van der Waals surface area (Å²) in [6.07, 6.45) is -18.0. The fraction of sp³-hybridized carbons (Fsp3) is 0.259. The van der Waals surface area contributed by atoms with E-state index >= 15 is 0 Å². The third kappa shape index (κ3) is 5.81. The lowest BCUT2D eigenvalue weighted by Crippen LogP contribution is -2.50. The molecule has 0 saturated carbocycles. The first-order valence-corrected chi connectivity index (χ1v) is 12.5. The molecular formula is C27H17ClF10N4O2. The van der Waals surface area contributed by atoms with E-state index in [-0.39, 0.29) is 39.7 Å². The lowest BCUT2D eigenvalue weighted by molar-refractivity contribution is -0.349. The lowest BCUT2D eigenvalue weighted by Gasteiger charge is -2.29. The molecule has 1 N–H and O–H groups in total. The average molecular weight is 655 g/mol. The third-order valence-electron chi connectivity index (χ3n) is 6.51. The molecule has 0 fully saturated rings. The number of nitrogens with zero attached hydrogens (tertiary/aromatic N) is 3. The van der Waals surface area contributed by atoms with Crippen LogP contribution in [0, 0.1) is 6.92 Å². The topological polar surface area (TPSA) is 76.9 Å². The number of amides is 1. The number of pyridine rings is 1. The summed E-state index contributed by atoms with van der Waals surface area (Å²) < 4.78 is 136. The Labute approximate surface area is 245 Å². The SMILES string of the molecule is CC(=O)c1c(Cl)cccc1C(=O)Nc1ccc(Cn2c(C(F)(F)F)nc3cc(C(F)(C(F)(F)F)C(F)(F)F)ncc32)cc1C. The molecule has 234 valence electrons. The number of aryl methyl sites for hydroxylation is 1. The molecule has 17 heteroatoms. The quantitative estimate of drug-likeness (QED) is 0.168. The van der Waals surface area contributed by atoms with E-state index in [0.717, 1.165) is 0 Å². The molecule has 0 aliphatic heterocycles. The first-order valence-electron chi connectivity index (χ1n) is 12.1. The number of hydrogen-bond donors (Lipinski definition) is 1. The monoisotopic (exact) mass is 654 g/mol. The minimum absolute atomic E-state index is 0.0279. The van der Waals surface area contributed by atoms with Gasteiger partial charge in [-0.15, -0.1) is 0 Å². The summed E-state index contributed by atoms with van der Waals surface area (Å²) in [5.74, 6) is -2.88. The summed E-state index contributed by atoms with van der Waals surface area (Å²) in [5, 5.41) is 2.61. The highest BCUT2D eigenvalue weighted by molar-refractivity contribution is 6.35. The number of benzene rings is 2. The van der Waals surface area contributed by atoms with Gasteiger partial charge in [-0.1, -0.05) is 29.8 Å². The Kier molecular flexibility index (Phi) is 8.21. The van der Waals surface area contributed by atoms with Gasteiger partial charge < -0.3 is 9.88 Å². The van der Waals surface area contributed by atoms with Crippen molar-refractivity contribution in [3.63, 3.8) is 0 Å². The molecule has 0 saturated heterocycles. The van der Waals surface area contributed by atoms with E-state index in [0.29, 0.717) is 10.1 Å². The van der Waals surface area contributed by atoms with Crippen molar-refractivity contribution in [2.24, 2.45) is 0 Å². The molecule has 4 aromatic rings. The maximum absolute atomic E-state index is 14.5. The van der Waals surface area contributed by atoms with Crippen molar-refractivity contribution in [2.75, 3.05) is 5.32 Å². The van der Waals surface area contributed by atoms with Crippen LogP contribution in [0.25, 0.3) is 11.0 Å². The molecule has 0 spiro atoms. The second kappa shape index (κ2) is 11.1. The first-order chi connectivity index (χ1) is 20.2. The van der Waals surface area contributed by atoms with Gasteiger partial charge in [0.05, 0.1) is 33.5 Å². The Morgan fingerprint density at radius 2 is 1.57 bits per heavy atom. The van der Waals surface area contributed by atoms with Gasteiger partial charge in [0, 0.05) is 17.8 Å². The molecule has 6 nitrogen and oxygen atoms in total. The highest BCUT2D eigenvalue weighted by Gasteiger charge is 2.74. The molecule has 1 amide bonds. The molecule has 0 bridgehead atoms. The van der Waals surface area contributed by atoms with E-state index in [2.05, 4.69) is 15.3 Å². The van der Waals surface area contributed by atoms with Gasteiger partial charge in [-0.2, -0.15) is 39.5 Å². The van der Waals surface area contributed by atoms with Crippen LogP contribution in [0.2, 0.25) is 5.02 Å². The van der Waals surface area contributed by atoms with Crippen molar-refractivity contribution in [3.8, 4) is 0 Å². The number of aromatic nitrogens is 3. The molecule has 0 atom stereocenters. The Bertz CT molecular complexity index is 1760. The van der Waals surface area contributed by atoms with Gasteiger partial charge in [0.25, 0.3) is 5.91 Å². The van der Waals surface area contributed by atoms with Crippen molar-refractivity contribution in [1.29, 1.82) is 0 Å². The summed E-state index contributed by atoms with van der Waals surface area (Å²) in [7, 11) is 0. The van der Waals surface area contributed by atoms with Crippen LogP contribution in [-0.2, 0) is 18.4 Å². The van der Waals surface area contributed by atoms with E-state index in [1.807, 2.05) is 0 Å². The number of alkyl halides is 10. The second-order valence-corrected chi connectivity index (χ2v) is 9.96. The number of imidazole rings is 1. The van der Waals surface area contributed by atoms with Gasteiger partial charge in [-0.25, -0.2) is 9.37 Å². The number of Topliss-reactive ketones (excluding diaryl/α,β-unsaturated/α-hetero) is 1. The first kappa shape index (κ1) is 32.7. The Morgan fingerprint density at radius 3 is 2.11 bits per heavy atom. The standard InChI is InChI=1S/C27H17ClF10N4O2/c1-12-8-14(6-7-17(12)40-22(44)15-4-3-5-16(28)21(15)13(2)43)11-42-19-10-39-20(9-18(19)41-23(42)25(30,31)32)24(29,26(33,34)35)27(36,37)38/h3-10H,11H2,1-2H3,(H,40,44). The largest absolute Gasteiger partial charge is 0.449 e. The van der Waals surface area contributed by atoms with E-state index in [9.17, 15) is 53.5 Å². The zero-order valence-electron chi connectivity index (χ0n) is 22.1. The van der Waals surface area contributed by atoms with Crippen LogP contribution >= 0.6 is 11.6 Å². The maximum Gasteiger partial charge on any atom is 0.449 e. The fourth-order valence-electron chi connectivity index (χ4n) is 4.45. The number of rotatable bonds is 6. The van der Waals surface area contributed by atoms with Crippen LogP contribution in [0.4, 0.5) is 49.6 Å². The molecule has 2 aromatic carbocycles. The van der Waals surface area contributed by atoms with Gasteiger partial charge in [-0.05, 0) is 49.2 Å². The summed E-state index contributed by atoms with van der Waals surface area (Å²) in [6.45, 7) is 2.05. The van der Waals surface area contributed by atoms with Crippen LogP contribution in [0.1, 0.15) is 50.3 Å². The van der Waals surface area contributed by atoms with Crippen molar-refractivity contribution in [2.45, 2.75) is 44.6 Å². The second-order valence-electron chi connectivity index (χ2n) is 9.55. The Morgan fingerprint density at radius 1 is 0.932 bits per heavy atom. The summed E-state index contributed by atoms with van der Waals surface area (Å²) in [5.41, 5.74) is -9.22. The van der Waals surface area contributed by atoms with Crippen LogP contribution in [-0.4, -0.2) is 38.6 Å². The highest BCUT2D eigenvalue weighted by atomic mass is 35.5. The number of nitrogens with one attached hydrogen (secondary N) is 1. The number of carbonyl (C=O) groups excluding carboxylic acids is 2. The van der Waals surface area contributed by atoms with Crippen molar-refractivity contribution in [3.05, 3.63) is 87.5 Å². The smallest absolute Gasteiger partial charge is 0.322 e. The van der Waals surface area contributed by atoms with Gasteiger partial charge >= 0.3 is 24.2 Å². The van der Waals surface area contributed by atoms with Crippen LogP contribution < -0.4 is 5.32 Å². The summed E-state index contributed by atoms with van der Waals surface area (Å²) in [4.78, 5) is 30.9. The van der Waals surface area contributed by atoms with Gasteiger partial charge in [-0.3, -0.25) is 14.6 Å². The van der Waals surface area contributed by atoms with Gasteiger partial charge in [0.2, 0.25) is 5.82 Å². The minimum Gasteiger partial charge on any atom is -0.322 e. The number of anilines is 1. The van der Waals surface area contributed by atoms with E-state index in [1.54, 1.807) is 0 Å². The number of ketones is 1. The van der Waals surface area contributed by atoms with Crippen molar-refractivity contribution < 1.29 is 53.5 Å². The predicted octanol–water partition coefficient (Wildman–Crippen LogP) is 8.20. The Hall–Kier alpha value is -4.21. The average Bonchev–Trinajstić information content (AvgIpc) is 3.26. The molecule has 44 heavy (non-hydrogen) atoms. The van der Waals surface area contributed by atoms with E-state index in [4.69, 9.17) is 11.6 Å². The van der Waals surface area contributed by atoms with Crippen LogP contribution in [0.3, 0.4) is 0 Å². The van der Waals surface area contributed by atoms with Crippen LogP contribution in [0.15, 0.2) is 48.7 Å². The molecule has 2 aromatic heterocycles. The molecule has 2 heterocycles. The molecule has 0 aliphatic rings. The maximum atomic E-state index is 14.5. The van der Waals surface area contributed by atoms with E-state index < -0.39 is 65.0 Å². The normalized spacial score (nSPS) is 12.9. The molecule has 0 aliphatic carbocycles. The third-order valence-corrected chi connectivity index (χ3v) is 6.83. The van der Waals surface area contributed by atoms with Crippen LogP contribution in [0.5, 0.6) is 0 Å². The van der Waals surface area contributed by atoms with Gasteiger partial charge in [0.1, 0.15) is 0 Å². The summed E-state index contributed by atoms with van der Waals surface area (Å²) >= 11 is 6.04. The zero-order chi connectivity index (χ0) is 33.0. The fourth-order valence-corrected chi connectivity index (χ4v) is 4.75.